The third-order valence-corrected chi connectivity index (χ3v) is 5.87. The predicted molar refractivity (Wildman–Crippen MR) is 122 cm³/mol. The second-order valence-corrected chi connectivity index (χ2v) is 8.46. The lowest BCUT2D eigenvalue weighted by Gasteiger charge is -2.28. The molecule has 4 atom stereocenters. The molecular weight excluding hydrogens is 394 g/mol. The molecule has 1 saturated heterocycles. The summed E-state index contributed by atoms with van der Waals surface area (Å²) < 4.78 is 18.0. The van der Waals surface area contributed by atoms with Crippen LogP contribution in [0.15, 0.2) is 30.3 Å². The van der Waals surface area contributed by atoms with Crippen LogP contribution in [0.2, 0.25) is 0 Å². The lowest BCUT2D eigenvalue weighted by atomic mass is 10.2. The summed E-state index contributed by atoms with van der Waals surface area (Å²) in [5.74, 6) is -0.675. The number of nitrogens with one attached hydrogen (secondary N) is 1. The Labute approximate surface area is 187 Å². The van der Waals surface area contributed by atoms with Crippen LogP contribution in [-0.2, 0) is 25.6 Å². The van der Waals surface area contributed by atoms with E-state index in [1.807, 2.05) is 13.1 Å². The molecule has 6 heteroatoms. The smallest absolute Gasteiger partial charge is 0.303 e. The Morgan fingerprint density at radius 2 is 1.97 bits per heavy atom. The number of carbonyl (C=O) groups is 1. The van der Waals surface area contributed by atoms with Crippen LogP contribution in [0, 0.1) is 0 Å². The first-order chi connectivity index (χ1) is 15.1. The maximum atomic E-state index is 9.96. The van der Waals surface area contributed by atoms with E-state index in [0.29, 0.717) is 19.1 Å². The van der Waals surface area contributed by atoms with Gasteiger partial charge in [-0.25, -0.2) is 0 Å². The van der Waals surface area contributed by atoms with Gasteiger partial charge in [0.05, 0.1) is 18.8 Å². The zero-order valence-electron chi connectivity index (χ0n) is 19.3. The van der Waals surface area contributed by atoms with Gasteiger partial charge in [0.15, 0.2) is 6.29 Å². The molecule has 0 spiro atoms. The second-order valence-electron chi connectivity index (χ2n) is 8.46. The number of ether oxygens (including phenoxy) is 3. The Morgan fingerprint density at radius 3 is 2.61 bits per heavy atom. The Bertz CT molecular complexity index is 591. The SMILES string of the molecule is CCCCCCC(=O)O.CN[C@@H]1C[C@@H](OCc2ccccc2)C[C@H]1OC1CCCCO1. The van der Waals surface area contributed by atoms with Crippen LogP contribution < -0.4 is 5.32 Å². The van der Waals surface area contributed by atoms with Crippen LogP contribution >= 0.6 is 0 Å². The van der Waals surface area contributed by atoms with Crippen molar-refractivity contribution in [3.8, 4) is 0 Å². The van der Waals surface area contributed by atoms with E-state index in [1.54, 1.807) is 0 Å². The second kappa shape index (κ2) is 15.4. The van der Waals surface area contributed by atoms with E-state index in [-0.39, 0.29) is 18.5 Å². The van der Waals surface area contributed by atoms with Gasteiger partial charge in [0.25, 0.3) is 0 Å². The summed E-state index contributed by atoms with van der Waals surface area (Å²) >= 11 is 0. The van der Waals surface area contributed by atoms with Crippen LogP contribution in [0.5, 0.6) is 0 Å². The van der Waals surface area contributed by atoms with Gasteiger partial charge in [-0.15, -0.1) is 0 Å². The predicted octanol–water partition coefficient (Wildman–Crippen LogP) is 4.91. The largest absolute Gasteiger partial charge is 0.481 e. The van der Waals surface area contributed by atoms with Gasteiger partial charge in [-0.2, -0.15) is 0 Å². The topological polar surface area (TPSA) is 77.0 Å². The molecule has 6 nitrogen and oxygen atoms in total. The average Bonchev–Trinajstić information content (AvgIpc) is 3.19. The van der Waals surface area contributed by atoms with Gasteiger partial charge in [-0.1, -0.05) is 56.5 Å². The Balaban J connectivity index is 0.000000323. The first-order valence-electron chi connectivity index (χ1n) is 11.9. The fourth-order valence-corrected chi connectivity index (χ4v) is 4.05. The van der Waals surface area contributed by atoms with Crippen LogP contribution in [0.25, 0.3) is 0 Å². The van der Waals surface area contributed by atoms with E-state index < -0.39 is 5.97 Å². The molecule has 1 saturated carbocycles. The van der Waals surface area contributed by atoms with Gasteiger partial charge in [0.2, 0.25) is 0 Å². The van der Waals surface area contributed by atoms with E-state index in [2.05, 4.69) is 36.5 Å². The Morgan fingerprint density at radius 1 is 1.16 bits per heavy atom. The van der Waals surface area contributed by atoms with Gasteiger partial charge in [0.1, 0.15) is 0 Å². The van der Waals surface area contributed by atoms with Crippen molar-refractivity contribution in [2.45, 2.75) is 102 Å². The summed E-state index contributed by atoms with van der Waals surface area (Å²) in [4.78, 5) is 9.96. The molecule has 176 valence electrons. The van der Waals surface area contributed by atoms with Crippen LogP contribution in [0.4, 0.5) is 0 Å². The minimum absolute atomic E-state index is 0.0255. The zero-order chi connectivity index (χ0) is 22.3. The molecule has 1 heterocycles. The lowest BCUT2D eigenvalue weighted by molar-refractivity contribution is -0.191. The van der Waals surface area contributed by atoms with Crippen molar-refractivity contribution in [2.75, 3.05) is 13.7 Å². The monoisotopic (exact) mass is 435 g/mol. The number of carboxylic acid groups (broad SMARTS) is 1. The Hall–Kier alpha value is -1.47. The standard InChI is InChI=1S/C18H27NO3.C7H14O2/c1-19-16-11-15(21-13-14-7-3-2-4-8-14)12-17(16)22-18-9-5-6-10-20-18;1-2-3-4-5-6-7(8)9/h2-4,7-8,15-19H,5-6,9-13H2,1H3;2-6H2,1H3,(H,8,9)/t15-,16-,17-,18?;/m1./s1. The van der Waals surface area contributed by atoms with Crippen LogP contribution in [0.1, 0.15) is 76.7 Å². The Kier molecular flexibility index (Phi) is 12.8. The molecule has 3 rings (SSSR count). The van der Waals surface area contributed by atoms with Gasteiger partial charge >= 0.3 is 5.97 Å². The molecule has 0 aromatic heterocycles. The molecule has 1 aromatic rings. The van der Waals surface area contributed by atoms with Gasteiger partial charge < -0.3 is 24.6 Å². The first kappa shape index (κ1) is 25.8. The summed E-state index contributed by atoms with van der Waals surface area (Å²) in [6.45, 7) is 3.62. The third-order valence-electron chi connectivity index (χ3n) is 5.87. The summed E-state index contributed by atoms with van der Waals surface area (Å²) in [7, 11) is 2.00. The molecular formula is C25H41NO5. The van der Waals surface area contributed by atoms with E-state index >= 15 is 0 Å². The molecule has 2 fully saturated rings. The van der Waals surface area contributed by atoms with Gasteiger partial charge in [-0.05, 0) is 44.7 Å². The number of carboxylic acids is 1. The van der Waals surface area contributed by atoms with Gasteiger partial charge in [-0.3, -0.25) is 4.79 Å². The van der Waals surface area contributed by atoms with Crippen molar-refractivity contribution in [1.29, 1.82) is 0 Å². The number of hydrogen-bond acceptors (Lipinski definition) is 5. The normalized spacial score (nSPS) is 25.6. The summed E-state index contributed by atoms with van der Waals surface area (Å²) in [5, 5.41) is 11.6. The average molecular weight is 436 g/mol. The number of hydrogen-bond donors (Lipinski definition) is 2. The quantitative estimate of drug-likeness (QED) is 0.481. The summed E-state index contributed by atoms with van der Waals surface area (Å²) in [6.07, 6.45) is 10.3. The number of benzene rings is 1. The van der Waals surface area contributed by atoms with E-state index in [1.165, 1.54) is 18.4 Å². The summed E-state index contributed by atoms with van der Waals surface area (Å²) in [6, 6.07) is 10.7. The molecule has 31 heavy (non-hydrogen) atoms. The minimum Gasteiger partial charge on any atom is -0.481 e. The number of aliphatic carboxylic acids is 1. The number of unbranched alkanes of at least 4 members (excludes halogenated alkanes) is 3. The molecule has 0 amide bonds. The molecule has 2 N–H and O–H groups in total. The highest BCUT2D eigenvalue weighted by atomic mass is 16.7. The molecule has 0 radical (unpaired) electrons. The lowest BCUT2D eigenvalue weighted by Crippen LogP contribution is -2.38. The minimum atomic E-state index is -0.675. The maximum Gasteiger partial charge on any atom is 0.303 e. The number of rotatable bonds is 11. The van der Waals surface area contributed by atoms with Gasteiger partial charge in [0, 0.05) is 25.5 Å². The van der Waals surface area contributed by atoms with E-state index in [0.717, 1.165) is 51.6 Å². The van der Waals surface area contributed by atoms with Crippen molar-refractivity contribution in [1.82, 2.24) is 5.32 Å². The number of likely N-dealkylation sites (N-methyl/N-ethyl adjacent to an activating group) is 1. The van der Waals surface area contributed by atoms with Crippen molar-refractivity contribution in [2.24, 2.45) is 0 Å². The molecule has 1 aromatic carbocycles. The van der Waals surface area contributed by atoms with Crippen LogP contribution in [-0.4, -0.2) is 49.3 Å². The molecule has 1 unspecified atom stereocenters. The maximum absolute atomic E-state index is 9.96. The zero-order valence-corrected chi connectivity index (χ0v) is 19.3. The third kappa shape index (κ3) is 10.6. The van der Waals surface area contributed by atoms with Crippen LogP contribution in [0.3, 0.4) is 0 Å². The summed E-state index contributed by atoms with van der Waals surface area (Å²) in [5.41, 5.74) is 1.23. The first-order valence-corrected chi connectivity index (χ1v) is 11.9. The highest BCUT2D eigenvalue weighted by Gasteiger charge is 2.36. The fraction of sp³-hybridized carbons (Fsp3) is 0.720. The van der Waals surface area contributed by atoms with Crippen molar-refractivity contribution in [3.05, 3.63) is 35.9 Å². The van der Waals surface area contributed by atoms with Crippen molar-refractivity contribution in [3.63, 3.8) is 0 Å². The molecule has 1 aliphatic heterocycles. The molecule has 2 aliphatic rings. The fourth-order valence-electron chi connectivity index (χ4n) is 4.05. The molecule has 0 bridgehead atoms. The highest BCUT2D eigenvalue weighted by molar-refractivity contribution is 5.66. The highest BCUT2D eigenvalue weighted by Crippen LogP contribution is 2.29. The molecule has 1 aliphatic carbocycles. The van der Waals surface area contributed by atoms with E-state index in [9.17, 15) is 4.79 Å². The van der Waals surface area contributed by atoms with Crippen molar-refractivity contribution < 1.29 is 24.1 Å². The van der Waals surface area contributed by atoms with E-state index in [4.69, 9.17) is 19.3 Å². The van der Waals surface area contributed by atoms with Crippen molar-refractivity contribution >= 4 is 5.97 Å².